The number of phenols is 1. The number of hydrogen-bond donors (Lipinski definition) is 22. The van der Waals surface area contributed by atoms with E-state index in [9.17, 15) is 103 Å². The number of carboxylic acid groups (broad SMARTS) is 2. The highest BCUT2D eigenvalue weighted by Crippen LogP contribution is 2.27. The first-order valence-electron chi connectivity index (χ1n) is 29.6. The summed E-state index contributed by atoms with van der Waals surface area (Å²) in [6, 6.07) is -9.55. The maximum Gasteiger partial charge on any atom is 0.327 e. The first-order chi connectivity index (χ1) is 43.8. The molecule has 3 rings (SSSR count). The molecule has 2 heterocycles. The maximum absolute atomic E-state index is 14.4. The number of nitrogens with one attached hydrogen (secondary N) is 11. The molecule has 10 unspecified atom stereocenters. The number of nitrogens with two attached hydrogens (primary N) is 3. The number of aliphatic hydroxyl groups is 5. The van der Waals surface area contributed by atoms with E-state index in [0.29, 0.717) is 6.42 Å². The lowest BCUT2D eigenvalue weighted by atomic mass is 9.97. The van der Waals surface area contributed by atoms with Crippen LogP contribution in [0.4, 0.5) is 0 Å². The van der Waals surface area contributed by atoms with Gasteiger partial charge in [-0.2, -0.15) is 0 Å². The molecule has 0 radical (unpaired) electrons. The fraction of sp³-hybridized carbons (Fsp3) is 0.636. The Labute approximate surface area is 537 Å². The molecule has 1 aromatic rings. The Morgan fingerprint density at radius 3 is 1.81 bits per heavy atom. The van der Waals surface area contributed by atoms with Gasteiger partial charge in [0.15, 0.2) is 12.2 Å². The van der Waals surface area contributed by atoms with Crippen molar-refractivity contribution in [3.8, 4) is 5.75 Å². The van der Waals surface area contributed by atoms with Crippen LogP contribution in [0.15, 0.2) is 24.3 Å². The van der Waals surface area contributed by atoms with E-state index in [1.54, 1.807) is 13.8 Å². The van der Waals surface area contributed by atoms with E-state index in [4.69, 9.17) is 27.3 Å². The molecule has 2 saturated heterocycles. The summed E-state index contributed by atoms with van der Waals surface area (Å²) in [5, 5.41) is 110. The first kappa shape index (κ1) is 78.9. The fourth-order valence-corrected chi connectivity index (χ4v) is 10.6. The minimum Gasteiger partial charge on any atom is -0.508 e. The topological polar surface area (TPSA) is 618 Å². The average molecular weight is 1340 g/mol. The van der Waals surface area contributed by atoms with Crippen LogP contribution in [0.3, 0.4) is 0 Å². The van der Waals surface area contributed by atoms with E-state index in [2.05, 4.69) is 53.2 Å². The van der Waals surface area contributed by atoms with Crippen molar-refractivity contribution in [1.82, 2.24) is 58.1 Å². The molecule has 93 heavy (non-hydrogen) atoms. The lowest BCUT2D eigenvalue weighted by Crippen LogP contribution is -2.63. The Balaban J connectivity index is 1.83. The van der Waals surface area contributed by atoms with Gasteiger partial charge in [-0.05, 0) is 75.6 Å². The third-order valence-corrected chi connectivity index (χ3v) is 15.7. The molecule has 37 nitrogen and oxygen atoms in total. The number of thioether (sulfide) groups is 1. The van der Waals surface area contributed by atoms with Crippen LogP contribution in [-0.2, 0) is 73.5 Å². The highest BCUT2D eigenvalue weighted by Gasteiger charge is 2.44. The molecule has 0 saturated carbocycles. The molecule has 0 aliphatic carbocycles. The van der Waals surface area contributed by atoms with Gasteiger partial charge in [-0.3, -0.25) is 67.8 Å². The fourth-order valence-electron chi connectivity index (χ4n) is 9.39. The second kappa shape index (κ2) is 39.2. The highest BCUT2D eigenvalue weighted by atomic mass is 32.2. The number of unbranched alkanes of at least 4 members (excludes halogenated alkanes) is 1. The molecule has 25 N–H and O–H groups in total. The lowest BCUT2D eigenvalue weighted by Gasteiger charge is -2.40. The minimum atomic E-state index is -2.04. The number of likely N-dealkylation sites (tertiary alicyclic amines) is 1. The SMILES string of the molecule is CC(C)CC(NC(=O)C(CCCNC(=N)N)NC(=O)C(CCC(N)=O)NC(=O)C(Cc1ccc(O)cc1)NC(=O)C(CC(=O)O)NC(=O)C(CO)NC(=O)C(C)NC(=O)CN)C(=O)NC(CSC1CC(=O)N(CCCCN[C@H]2C(O)O[C@H](CO)[C@@H](O)[C@@H]2O)C1=O)C(=O)O. The number of nitrogens with zero attached hydrogens (tertiary/aromatic N) is 1. The molecule has 11 amide bonds. The normalized spacial score (nSPS) is 20.4. The first-order valence-corrected chi connectivity index (χ1v) is 30.7. The number of rotatable bonds is 41. The van der Waals surface area contributed by atoms with Crippen molar-refractivity contribution in [3.63, 3.8) is 0 Å². The Morgan fingerprint density at radius 2 is 1.24 bits per heavy atom. The zero-order chi connectivity index (χ0) is 69.8. The smallest absolute Gasteiger partial charge is 0.327 e. The second-order valence-electron chi connectivity index (χ2n) is 22.4. The predicted molar refractivity (Wildman–Crippen MR) is 325 cm³/mol. The van der Waals surface area contributed by atoms with Crippen molar-refractivity contribution in [1.29, 1.82) is 5.41 Å². The zero-order valence-electron chi connectivity index (χ0n) is 51.4. The van der Waals surface area contributed by atoms with Crippen molar-refractivity contribution < 1.29 is 108 Å². The number of carbonyl (C=O) groups is 13. The molecular formula is C55H87N15O22S. The molecule has 2 fully saturated rings. The molecule has 2 aliphatic rings. The number of amides is 11. The van der Waals surface area contributed by atoms with Crippen LogP contribution >= 0.6 is 11.8 Å². The standard InChI is InChI=1S/C55H87N15O22S/c1-25(2)17-31(48(84)69-35(53(89)90)24-93-37-20-40(76)70(52(37)88)16-5-4-14-60-42-44(80)43(79)36(23-72)92-54(42)91)65-46(82)29(7-6-15-61-55(58)59)63-47(83)30(12-13-38(57)74)64-49(85)32(18-27-8-10-28(73)11-9-27)66-50(86)33(19-41(77)78)67-51(87)34(22-71)68-45(81)26(3)62-39(75)21-56/h8-11,25-26,29-37,42-44,54,60,71-73,79-80,91H,4-7,12-24,56H2,1-3H3,(H2,57,74)(H,62,75)(H,63,83)(H,64,85)(H,65,82)(H,66,86)(H,67,87)(H,68,81)(H,69,84)(H,77,78)(H,89,90)(H4,58,59,61)/t26?,29?,30?,31?,32?,33?,34?,35?,36-,37?,42-,43-,44-,54?/m1/s1. The van der Waals surface area contributed by atoms with Crippen LogP contribution in [0.2, 0.25) is 0 Å². The van der Waals surface area contributed by atoms with Crippen LogP contribution in [-0.4, -0.2) is 258 Å². The highest BCUT2D eigenvalue weighted by molar-refractivity contribution is 8.00. The Hall–Kier alpha value is -8.37. The van der Waals surface area contributed by atoms with Gasteiger partial charge in [-0.15, -0.1) is 11.8 Å². The number of carboxylic acids is 2. The van der Waals surface area contributed by atoms with E-state index in [1.807, 2.05) is 0 Å². The summed E-state index contributed by atoms with van der Waals surface area (Å²) >= 11 is 0.784. The van der Waals surface area contributed by atoms with Crippen molar-refractivity contribution in [2.45, 2.75) is 169 Å². The van der Waals surface area contributed by atoms with Crippen molar-refractivity contribution in [2.75, 3.05) is 45.1 Å². The molecule has 1 aromatic carbocycles. The largest absolute Gasteiger partial charge is 0.508 e. The minimum absolute atomic E-state index is 0.00984. The van der Waals surface area contributed by atoms with Crippen molar-refractivity contribution >= 4 is 94.6 Å². The molecule has 14 atom stereocenters. The zero-order valence-corrected chi connectivity index (χ0v) is 52.2. The van der Waals surface area contributed by atoms with Crippen LogP contribution in [0.5, 0.6) is 5.75 Å². The van der Waals surface area contributed by atoms with Gasteiger partial charge in [0.25, 0.3) is 0 Å². The van der Waals surface area contributed by atoms with Gasteiger partial charge >= 0.3 is 11.9 Å². The predicted octanol–water partition coefficient (Wildman–Crippen LogP) is -9.05. The third kappa shape index (κ3) is 26.6. The molecule has 0 aromatic heterocycles. The Kier molecular flexibility index (Phi) is 33.3. The number of hydrogen-bond acceptors (Lipinski definition) is 24. The van der Waals surface area contributed by atoms with Crippen LogP contribution in [0, 0.1) is 11.3 Å². The average Bonchev–Trinajstić information content (AvgIpc) is 1.70. The van der Waals surface area contributed by atoms with Crippen molar-refractivity contribution in [3.05, 3.63) is 29.8 Å². The summed E-state index contributed by atoms with van der Waals surface area (Å²) in [6.07, 6.45) is -8.63. The number of imide groups is 1. The van der Waals surface area contributed by atoms with E-state index in [-0.39, 0.29) is 69.0 Å². The van der Waals surface area contributed by atoms with Gasteiger partial charge in [0.2, 0.25) is 65.0 Å². The molecule has 0 bridgehead atoms. The summed E-state index contributed by atoms with van der Waals surface area (Å²) in [5.41, 5.74) is 16.4. The van der Waals surface area contributed by atoms with E-state index >= 15 is 0 Å². The van der Waals surface area contributed by atoms with Crippen LogP contribution < -0.4 is 70.4 Å². The summed E-state index contributed by atoms with van der Waals surface area (Å²) in [5.74, 6) is -15.6. The quantitative estimate of drug-likeness (QED) is 0.0125. The Morgan fingerprint density at radius 1 is 0.688 bits per heavy atom. The number of aliphatic hydroxyl groups excluding tert-OH is 5. The summed E-state index contributed by atoms with van der Waals surface area (Å²) in [4.78, 5) is 173. The second-order valence-corrected chi connectivity index (χ2v) is 23.6. The summed E-state index contributed by atoms with van der Waals surface area (Å²) < 4.78 is 5.13. The van der Waals surface area contributed by atoms with Crippen molar-refractivity contribution in [2.24, 2.45) is 23.1 Å². The monoisotopic (exact) mass is 1340 g/mol. The molecule has 520 valence electrons. The van der Waals surface area contributed by atoms with E-state index < -0.39 is 218 Å². The number of guanidine groups is 1. The van der Waals surface area contributed by atoms with Gasteiger partial charge in [0, 0.05) is 38.1 Å². The lowest BCUT2D eigenvalue weighted by molar-refractivity contribution is -0.254. The number of aliphatic carboxylic acids is 2. The maximum atomic E-state index is 14.4. The number of ether oxygens (including phenoxy) is 1. The summed E-state index contributed by atoms with van der Waals surface area (Å²) in [6.45, 7) is 2.38. The van der Waals surface area contributed by atoms with Gasteiger partial charge in [0.05, 0.1) is 37.5 Å². The van der Waals surface area contributed by atoms with Gasteiger partial charge in [-0.1, -0.05) is 26.0 Å². The number of primary amides is 1. The van der Waals surface area contributed by atoms with E-state index in [0.717, 1.165) is 16.7 Å². The Bertz CT molecular complexity index is 2790. The van der Waals surface area contributed by atoms with Gasteiger partial charge in [0.1, 0.15) is 72.4 Å². The number of aromatic hydroxyl groups is 1. The number of carbonyl (C=O) groups excluding carboxylic acids is 11. The van der Waals surface area contributed by atoms with Gasteiger partial charge in [-0.25, -0.2) is 4.79 Å². The molecule has 2 aliphatic heterocycles. The van der Waals surface area contributed by atoms with Gasteiger partial charge < -0.3 is 116 Å². The molecular weight excluding hydrogens is 1250 g/mol. The molecule has 38 heteroatoms. The van der Waals surface area contributed by atoms with Crippen LogP contribution in [0.1, 0.15) is 84.1 Å². The van der Waals surface area contributed by atoms with E-state index in [1.165, 1.54) is 31.2 Å². The number of benzene rings is 1. The molecule has 0 spiro atoms. The summed E-state index contributed by atoms with van der Waals surface area (Å²) in [7, 11) is 0. The third-order valence-electron chi connectivity index (χ3n) is 14.4. The number of phenolic OH excluding ortho intramolecular Hbond substituents is 1. The van der Waals surface area contributed by atoms with Crippen LogP contribution in [0.25, 0.3) is 0 Å².